The summed E-state index contributed by atoms with van der Waals surface area (Å²) in [4.78, 5) is 11.3. The Balaban J connectivity index is 4.88. The van der Waals surface area contributed by atoms with Crippen LogP contribution in [0.5, 0.6) is 0 Å². The maximum Gasteiger partial charge on any atom is 0.325 e. The fourth-order valence-corrected chi connectivity index (χ4v) is 4.97. The van der Waals surface area contributed by atoms with E-state index in [0.717, 1.165) is 22.8 Å². The number of esters is 1. The van der Waals surface area contributed by atoms with Gasteiger partial charge >= 0.3 is 5.97 Å². The molecular weight excluding hydrogens is 642 g/mol. The smallest absolute Gasteiger partial charge is 0.325 e. The molecule has 0 aromatic rings. The van der Waals surface area contributed by atoms with Crippen LogP contribution >= 0.6 is 91.3 Å². The predicted molar refractivity (Wildman–Crippen MR) is 100 cm³/mol. The van der Waals surface area contributed by atoms with Crippen molar-refractivity contribution < 1.29 is 17.9 Å². The number of alkyl halides is 4. The van der Waals surface area contributed by atoms with Gasteiger partial charge in [0.2, 0.25) is 10.0 Å². The minimum atomic E-state index is -3.81. The minimum Gasteiger partial charge on any atom is -0.468 e. The zero-order chi connectivity index (χ0) is 14.6. The first-order valence-corrected chi connectivity index (χ1v) is 10.6. The molecule has 0 aromatic carbocycles. The summed E-state index contributed by atoms with van der Waals surface area (Å²) in [5.41, 5.74) is 0. The molecule has 0 fully saturated rings. The van der Waals surface area contributed by atoms with Gasteiger partial charge in [0.05, 0.1) is 13.1 Å². The first-order valence-electron chi connectivity index (χ1n) is 4.41. The number of ether oxygens (including phenoxy) is 1. The van der Waals surface area contributed by atoms with E-state index in [9.17, 15) is 13.2 Å². The summed E-state index contributed by atoms with van der Waals surface area (Å²) in [5, 5.41) is -1.26. The molecule has 0 radical (unpaired) electrons. The van der Waals surface area contributed by atoms with E-state index in [4.69, 9.17) is 11.6 Å². The summed E-state index contributed by atoms with van der Waals surface area (Å²) in [6.07, 6.45) is 0. The first kappa shape index (κ1) is 20.2. The zero-order valence-corrected chi connectivity index (χ0v) is 18.3. The van der Waals surface area contributed by atoms with Crippen LogP contribution in [0.2, 0.25) is 0 Å². The molecule has 11 heteroatoms. The molecule has 0 aliphatic heterocycles. The van der Waals surface area contributed by atoms with Crippen molar-refractivity contribution in [1.82, 2.24) is 3.71 Å². The molecule has 0 saturated carbocycles. The van der Waals surface area contributed by atoms with Crippen LogP contribution in [0.3, 0.4) is 0 Å². The van der Waals surface area contributed by atoms with Gasteiger partial charge in [-0.1, -0.05) is 79.7 Å². The third-order valence-electron chi connectivity index (χ3n) is 1.73. The number of hydrogen-bond donors (Lipinski definition) is 0. The Morgan fingerprint density at radius 2 is 2.00 bits per heavy atom. The summed E-state index contributed by atoms with van der Waals surface area (Å²) in [7, 11) is -2.65. The molecule has 0 aliphatic carbocycles. The van der Waals surface area contributed by atoms with Gasteiger partial charge in [-0.3, -0.25) is 4.79 Å². The molecule has 1 atom stereocenters. The van der Waals surface area contributed by atoms with Crippen molar-refractivity contribution in [3.05, 3.63) is 0 Å². The molecule has 0 aliphatic rings. The van der Waals surface area contributed by atoms with Crippen molar-refractivity contribution in [2.45, 2.75) is 11.6 Å². The summed E-state index contributed by atoms with van der Waals surface area (Å²) in [5.74, 6) is -0.260. The van der Waals surface area contributed by atoms with Crippen LogP contribution in [0.1, 0.15) is 6.92 Å². The second kappa shape index (κ2) is 8.60. The second-order valence-corrected chi connectivity index (χ2v) is 18.4. The summed E-state index contributed by atoms with van der Waals surface area (Å²) in [6.45, 7) is 1.28. The Morgan fingerprint density at radius 1 is 1.50 bits per heavy atom. The fraction of sp³-hybridized carbons (Fsp3) is 0.857. The van der Waals surface area contributed by atoms with Gasteiger partial charge < -0.3 is 4.74 Å². The van der Waals surface area contributed by atoms with E-state index >= 15 is 0 Å². The lowest BCUT2D eigenvalue weighted by molar-refractivity contribution is -0.139. The number of rotatable bonds is 7. The molecule has 0 N–H and O–H groups in total. The maximum absolute atomic E-state index is 12.1. The van der Waals surface area contributed by atoms with Gasteiger partial charge in [0.1, 0.15) is -0.565 Å². The third-order valence-corrected chi connectivity index (χ3v) is 8.65. The molecule has 0 heterocycles. The van der Waals surface area contributed by atoms with Crippen molar-refractivity contribution in [3.63, 3.8) is 0 Å². The lowest BCUT2D eigenvalue weighted by Gasteiger charge is -2.23. The van der Waals surface area contributed by atoms with E-state index in [0.29, 0.717) is 5.75 Å². The lowest BCUT2D eigenvalue weighted by Crippen LogP contribution is -2.38. The van der Waals surface area contributed by atoms with E-state index in [1.54, 1.807) is 0 Å². The average Bonchev–Trinajstić information content (AvgIpc) is 2.25. The van der Waals surface area contributed by atoms with Crippen molar-refractivity contribution in [2.75, 3.05) is 18.9 Å². The van der Waals surface area contributed by atoms with E-state index in [1.807, 2.05) is 0 Å². The SMILES string of the molecule is COC(=O)C(C)S(=O)(=O)N(CCl)SCC(I)(I)I. The van der Waals surface area contributed by atoms with Crippen LogP contribution in [0.15, 0.2) is 0 Å². The largest absolute Gasteiger partial charge is 0.468 e. The number of carbonyl (C=O) groups excluding carboxylic acids is 1. The normalized spacial score (nSPS) is 14.6. The quantitative estimate of drug-likeness (QED) is 0.139. The van der Waals surface area contributed by atoms with E-state index in [1.165, 1.54) is 6.92 Å². The molecule has 0 amide bonds. The van der Waals surface area contributed by atoms with Crippen molar-refractivity contribution in [2.24, 2.45) is 0 Å². The summed E-state index contributed by atoms with van der Waals surface area (Å²) < 4.78 is 29.5. The number of methoxy groups -OCH3 is 1. The highest BCUT2D eigenvalue weighted by Gasteiger charge is 2.36. The molecule has 18 heavy (non-hydrogen) atoms. The zero-order valence-electron chi connectivity index (χ0n) is 9.40. The number of carbonyl (C=O) groups is 1. The van der Waals surface area contributed by atoms with Gasteiger partial charge in [0, 0.05) is 5.75 Å². The van der Waals surface area contributed by atoms with Gasteiger partial charge in [-0.15, -0.1) is 15.3 Å². The highest BCUT2D eigenvalue weighted by atomic mass is 127. The number of nitrogens with zero attached hydrogens (tertiary/aromatic N) is 1. The van der Waals surface area contributed by atoms with Gasteiger partial charge in [-0.2, -0.15) is 0 Å². The Morgan fingerprint density at radius 3 is 2.33 bits per heavy atom. The molecular formula is C7H11ClI3NO4S2. The Bertz CT molecular complexity index is 387. The van der Waals surface area contributed by atoms with Crippen molar-refractivity contribution in [3.8, 4) is 0 Å². The highest BCUT2D eigenvalue weighted by Crippen LogP contribution is 2.40. The van der Waals surface area contributed by atoms with Gasteiger partial charge in [-0.25, -0.2) is 8.42 Å². The molecule has 0 aromatic heterocycles. The Hall–Kier alpha value is 2.21. The predicted octanol–water partition coefficient (Wildman–Crippen LogP) is 2.98. The average molecular weight is 653 g/mol. The summed E-state index contributed by atoms with van der Waals surface area (Å²) in [6, 6.07) is -0.214. The molecule has 0 saturated heterocycles. The topological polar surface area (TPSA) is 63.7 Å². The first-order chi connectivity index (χ1) is 8.06. The van der Waals surface area contributed by atoms with E-state index < -0.39 is 21.2 Å². The molecule has 0 bridgehead atoms. The number of halogens is 4. The van der Waals surface area contributed by atoms with E-state index in [-0.39, 0.29) is 5.44 Å². The number of sulfonamides is 1. The van der Waals surface area contributed by atoms with Gasteiger partial charge in [0.15, 0.2) is 5.25 Å². The lowest BCUT2D eigenvalue weighted by atomic mass is 10.5. The minimum absolute atomic E-state index is 0.133. The van der Waals surface area contributed by atoms with Crippen molar-refractivity contribution in [1.29, 1.82) is 0 Å². The molecule has 0 spiro atoms. The van der Waals surface area contributed by atoms with Crippen LogP contribution < -0.4 is 0 Å². The van der Waals surface area contributed by atoms with Crippen LogP contribution in [0.4, 0.5) is 0 Å². The monoisotopic (exact) mass is 653 g/mol. The second-order valence-electron chi connectivity index (χ2n) is 3.02. The van der Waals surface area contributed by atoms with Crippen LogP contribution in [0, 0.1) is 0 Å². The molecule has 108 valence electrons. The third kappa shape index (κ3) is 6.78. The van der Waals surface area contributed by atoms with Crippen LogP contribution in [0.25, 0.3) is 0 Å². The van der Waals surface area contributed by atoms with Crippen LogP contribution in [-0.4, -0.2) is 41.6 Å². The van der Waals surface area contributed by atoms with Gasteiger partial charge in [-0.05, 0) is 6.92 Å². The molecule has 1 unspecified atom stereocenters. The highest BCUT2D eigenvalue weighted by molar-refractivity contribution is 14.3. The Labute approximate surface area is 157 Å². The van der Waals surface area contributed by atoms with Crippen molar-refractivity contribution >= 4 is 107 Å². The maximum atomic E-state index is 12.1. The Kier molecular flexibility index (Phi) is 9.66. The standard InChI is InChI=1S/C7H11ClI3NO4S2/c1-5(6(13)16-2)18(14,15)12(4-8)17-3-7(9,10)11/h5H,3-4H2,1-2H3. The molecule has 5 nitrogen and oxygen atoms in total. The summed E-state index contributed by atoms with van der Waals surface area (Å²) >= 11 is 13.3. The van der Waals surface area contributed by atoms with E-state index in [2.05, 4.69) is 72.5 Å². The fourth-order valence-electron chi connectivity index (χ4n) is 0.785. The number of hydrogen-bond acceptors (Lipinski definition) is 5. The van der Waals surface area contributed by atoms with Gasteiger partial charge in [0.25, 0.3) is 0 Å². The molecule has 0 rings (SSSR count). The van der Waals surface area contributed by atoms with Crippen LogP contribution in [-0.2, 0) is 19.6 Å².